The van der Waals surface area contributed by atoms with Crippen molar-refractivity contribution in [3.05, 3.63) is 54.9 Å². The Morgan fingerprint density at radius 2 is 1.75 bits per heavy atom. The zero-order valence-electron chi connectivity index (χ0n) is 15.2. The number of anilines is 1. The lowest BCUT2D eigenvalue weighted by atomic mass is 10.1. The van der Waals surface area contributed by atoms with Gasteiger partial charge in [-0.3, -0.25) is 4.68 Å². The summed E-state index contributed by atoms with van der Waals surface area (Å²) in [7, 11) is -1.95. The van der Waals surface area contributed by atoms with Crippen LogP contribution >= 0.6 is 0 Å². The highest BCUT2D eigenvalue weighted by atomic mass is 32.2. The van der Waals surface area contributed by atoms with Crippen molar-refractivity contribution in [1.29, 1.82) is 0 Å². The highest BCUT2D eigenvalue weighted by Crippen LogP contribution is 2.27. The van der Waals surface area contributed by atoms with Crippen LogP contribution in [0.25, 0.3) is 11.3 Å². The molecule has 0 N–H and O–H groups in total. The van der Waals surface area contributed by atoms with Crippen LogP contribution in [0.5, 0.6) is 0 Å². The Bertz CT molecular complexity index is 1080. The van der Waals surface area contributed by atoms with Gasteiger partial charge in [0.05, 0.1) is 6.20 Å². The average molecular weight is 402 g/mol. The molecule has 146 valence electrons. The van der Waals surface area contributed by atoms with Gasteiger partial charge in [0.1, 0.15) is 16.9 Å². The van der Waals surface area contributed by atoms with Gasteiger partial charge in [-0.05, 0) is 0 Å². The summed E-state index contributed by atoms with van der Waals surface area (Å²) in [5.41, 5.74) is 0.900. The van der Waals surface area contributed by atoms with Crippen LogP contribution in [-0.2, 0) is 17.1 Å². The number of hydrogen-bond donors (Lipinski definition) is 0. The molecule has 28 heavy (non-hydrogen) atoms. The minimum Gasteiger partial charge on any atom is -0.351 e. The topological polar surface area (TPSA) is 84.2 Å². The summed E-state index contributed by atoms with van der Waals surface area (Å²) in [5, 5.41) is 3.92. The lowest BCUT2D eigenvalue weighted by molar-refractivity contribution is 0.381. The smallest absolute Gasteiger partial charge is 0.246 e. The summed E-state index contributed by atoms with van der Waals surface area (Å²) in [6, 6.07) is 9.06. The van der Waals surface area contributed by atoms with E-state index >= 15 is 4.39 Å². The van der Waals surface area contributed by atoms with Crippen LogP contribution in [0.2, 0.25) is 0 Å². The second kappa shape index (κ2) is 7.28. The van der Waals surface area contributed by atoms with Crippen molar-refractivity contribution >= 4 is 15.8 Å². The Kier molecular flexibility index (Phi) is 4.82. The van der Waals surface area contributed by atoms with Crippen LogP contribution in [0.3, 0.4) is 0 Å². The first-order chi connectivity index (χ1) is 13.5. The molecule has 1 aliphatic rings. The number of nitrogens with zero attached hydrogens (tertiary/aromatic N) is 6. The number of hydrogen-bond acceptors (Lipinski definition) is 6. The standard InChI is InChI=1S/C18H19FN6O2S/c1-23-12-15(11-22-23)28(26,27)25-9-7-24(8-10-25)18-16(19)17(20-13-21-18)14-5-3-2-4-6-14/h2-6,11-13H,7-10H2,1H3. The third kappa shape index (κ3) is 3.36. The van der Waals surface area contributed by atoms with Crippen molar-refractivity contribution in [3.8, 4) is 11.3 Å². The molecule has 1 aliphatic heterocycles. The third-order valence-corrected chi connectivity index (χ3v) is 6.53. The van der Waals surface area contributed by atoms with Gasteiger partial charge in [0, 0.05) is 45.0 Å². The zero-order valence-corrected chi connectivity index (χ0v) is 16.0. The maximum Gasteiger partial charge on any atom is 0.246 e. The lowest BCUT2D eigenvalue weighted by Gasteiger charge is -2.34. The number of sulfonamides is 1. The van der Waals surface area contributed by atoms with E-state index in [4.69, 9.17) is 0 Å². The summed E-state index contributed by atoms with van der Waals surface area (Å²) in [4.78, 5) is 10.1. The largest absolute Gasteiger partial charge is 0.351 e. The van der Waals surface area contributed by atoms with E-state index in [0.717, 1.165) is 0 Å². The summed E-state index contributed by atoms with van der Waals surface area (Å²) in [6.45, 7) is 1.14. The number of aromatic nitrogens is 4. The molecule has 0 atom stereocenters. The summed E-state index contributed by atoms with van der Waals surface area (Å²) >= 11 is 0. The monoisotopic (exact) mass is 402 g/mol. The van der Waals surface area contributed by atoms with E-state index in [9.17, 15) is 8.42 Å². The molecule has 1 saturated heterocycles. The van der Waals surface area contributed by atoms with Gasteiger partial charge in [-0.15, -0.1) is 0 Å². The molecule has 1 fully saturated rings. The van der Waals surface area contributed by atoms with Gasteiger partial charge in [0.25, 0.3) is 0 Å². The number of halogens is 1. The van der Waals surface area contributed by atoms with E-state index in [1.165, 1.54) is 27.7 Å². The Morgan fingerprint density at radius 1 is 1.04 bits per heavy atom. The highest BCUT2D eigenvalue weighted by molar-refractivity contribution is 7.89. The predicted octanol–water partition coefficient (Wildman–Crippen LogP) is 1.53. The minimum atomic E-state index is -3.61. The van der Waals surface area contributed by atoms with Gasteiger partial charge in [0.2, 0.25) is 10.0 Å². The maximum absolute atomic E-state index is 15.0. The van der Waals surface area contributed by atoms with Crippen LogP contribution in [0.15, 0.2) is 53.9 Å². The average Bonchev–Trinajstić information content (AvgIpc) is 3.16. The van der Waals surface area contributed by atoms with E-state index in [1.54, 1.807) is 24.1 Å². The molecule has 3 aromatic rings. The first kappa shape index (κ1) is 18.5. The van der Waals surface area contributed by atoms with Crippen LogP contribution in [0.4, 0.5) is 10.2 Å². The van der Waals surface area contributed by atoms with Gasteiger partial charge in [0.15, 0.2) is 11.6 Å². The quantitative estimate of drug-likeness (QED) is 0.658. The second-order valence-electron chi connectivity index (χ2n) is 6.47. The normalized spacial score (nSPS) is 15.7. The number of rotatable bonds is 4. The van der Waals surface area contributed by atoms with Gasteiger partial charge < -0.3 is 4.90 Å². The fourth-order valence-electron chi connectivity index (χ4n) is 3.20. The Hall–Kier alpha value is -2.85. The van der Waals surface area contributed by atoms with E-state index in [1.807, 2.05) is 18.2 Å². The Morgan fingerprint density at radius 3 is 2.39 bits per heavy atom. The predicted molar refractivity (Wildman–Crippen MR) is 102 cm³/mol. The van der Waals surface area contributed by atoms with Crippen LogP contribution in [-0.4, -0.2) is 58.7 Å². The van der Waals surface area contributed by atoms with Crippen molar-refractivity contribution in [2.75, 3.05) is 31.1 Å². The van der Waals surface area contributed by atoms with Crippen molar-refractivity contribution in [2.24, 2.45) is 7.05 Å². The highest BCUT2D eigenvalue weighted by Gasteiger charge is 2.31. The lowest BCUT2D eigenvalue weighted by Crippen LogP contribution is -2.49. The molecule has 10 heteroatoms. The molecule has 0 aliphatic carbocycles. The Balaban J connectivity index is 1.53. The summed E-state index contributed by atoms with van der Waals surface area (Å²) in [6.07, 6.45) is 4.13. The van der Waals surface area contributed by atoms with Crippen LogP contribution < -0.4 is 4.90 Å². The molecule has 2 aromatic heterocycles. The molecule has 3 heterocycles. The van der Waals surface area contributed by atoms with Crippen molar-refractivity contribution in [3.63, 3.8) is 0 Å². The van der Waals surface area contributed by atoms with Gasteiger partial charge in [-0.25, -0.2) is 22.8 Å². The number of piperazine rings is 1. The van der Waals surface area contributed by atoms with E-state index in [0.29, 0.717) is 18.7 Å². The molecule has 0 spiro atoms. The molecule has 1 aromatic carbocycles. The number of benzene rings is 1. The Labute approximate surface area is 162 Å². The molecule has 0 radical (unpaired) electrons. The van der Waals surface area contributed by atoms with Gasteiger partial charge in [-0.2, -0.15) is 9.40 Å². The van der Waals surface area contributed by atoms with E-state index < -0.39 is 15.8 Å². The van der Waals surface area contributed by atoms with Crippen molar-refractivity contribution in [2.45, 2.75) is 4.90 Å². The zero-order chi connectivity index (χ0) is 19.7. The fraction of sp³-hybridized carbons (Fsp3) is 0.278. The van der Waals surface area contributed by atoms with Crippen LogP contribution in [0, 0.1) is 5.82 Å². The SMILES string of the molecule is Cn1cc(S(=O)(=O)N2CCN(c3ncnc(-c4ccccc4)c3F)CC2)cn1. The summed E-state index contributed by atoms with van der Waals surface area (Å²) in [5.74, 6) is -0.315. The fourth-order valence-corrected chi connectivity index (χ4v) is 4.61. The molecule has 8 nitrogen and oxygen atoms in total. The molecule has 0 bridgehead atoms. The second-order valence-corrected chi connectivity index (χ2v) is 8.40. The van der Waals surface area contributed by atoms with E-state index in [2.05, 4.69) is 15.1 Å². The molecule has 4 rings (SSSR count). The summed E-state index contributed by atoms with van der Waals surface area (Å²) < 4.78 is 43.3. The minimum absolute atomic E-state index is 0.156. The molecule has 0 unspecified atom stereocenters. The van der Waals surface area contributed by atoms with Crippen molar-refractivity contribution in [1.82, 2.24) is 24.1 Å². The molecule has 0 saturated carbocycles. The molecular weight excluding hydrogens is 383 g/mol. The molecule has 0 amide bonds. The van der Waals surface area contributed by atoms with E-state index in [-0.39, 0.29) is 29.5 Å². The first-order valence-corrected chi connectivity index (χ1v) is 10.2. The number of aryl methyl sites for hydroxylation is 1. The first-order valence-electron chi connectivity index (χ1n) is 8.76. The van der Waals surface area contributed by atoms with Crippen LogP contribution in [0.1, 0.15) is 0 Å². The van der Waals surface area contributed by atoms with Gasteiger partial charge >= 0.3 is 0 Å². The maximum atomic E-state index is 15.0. The third-order valence-electron chi connectivity index (χ3n) is 4.68. The molecular formula is C18H19FN6O2S. The van der Waals surface area contributed by atoms with Crippen molar-refractivity contribution < 1.29 is 12.8 Å². The van der Waals surface area contributed by atoms with Gasteiger partial charge in [-0.1, -0.05) is 30.3 Å².